The van der Waals surface area contributed by atoms with Crippen LogP contribution < -0.4 is 0 Å². The number of carbonyl (C=O) groups excluding carboxylic acids is 1. The average Bonchev–Trinajstić information content (AvgIpc) is 2.19. The first-order valence-corrected chi connectivity index (χ1v) is 6.70. The van der Waals surface area contributed by atoms with E-state index < -0.39 is 0 Å². The van der Waals surface area contributed by atoms with E-state index >= 15 is 0 Å². The van der Waals surface area contributed by atoms with Gasteiger partial charge in [0.2, 0.25) is 0 Å². The van der Waals surface area contributed by atoms with E-state index in [0.717, 1.165) is 12.0 Å². The first-order chi connectivity index (χ1) is 7.84. The minimum atomic E-state index is -0.148. The van der Waals surface area contributed by atoms with Crippen LogP contribution >= 0.6 is 0 Å². The number of ketones is 1. The standard InChI is InChI=1S/C15H24O2/c1-9(2)5-12(16)8-15(4)11-6-13(15)10(3)14(17)7-11/h5,10-11,13-14,17H,6-8H2,1-4H3/t10-,11-,13+,14-,15-/m0/s1. The number of fused-ring (bicyclic) bond motifs is 2. The van der Waals surface area contributed by atoms with Crippen LogP contribution in [0.15, 0.2) is 11.6 Å². The Morgan fingerprint density at radius 2 is 2.06 bits per heavy atom. The molecule has 0 radical (unpaired) electrons. The Balaban J connectivity index is 2.07. The third-order valence-corrected chi connectivity index (χ3v) is 5.09. The van der Waals surface area contributed by atoms with Crippen LogP contribution in [-0.2, 0) is 4.79 Å². The fourth-order valence-electron chi connectivity index (χ4n) is 3.97. The summed E-state index contributed by atoms with van der Waals surface area (Å²) in [5, 5.41) is 9.89. The van der Waals surface area contributed by atoms with Gasteiger partial charge in [-0.1, -0.05) is 19.4 Å². The lowest BCUT2D eigenvalue weighted by Gasteiger charge is -2.62. The van der Waals surface area contributed by atoms with E-state index in [9.17, 15) is 9.90 Å². The molecule has 3 aliphatic carbocycles. The average molecular weight is 236 g/mol. The maximum atomic E-state index is 11.9. The molecule has 0 spiro atoms. The second-order valence-electron chi connectivity index (χ2n) is 6.57. The second-order valence-corrected chi connectivity index (χ2v) is 6.57. The predicted octanol–water partition coefficient (Wildman–Crippen LogP) is 2.95. The van der Waals surface area contributed by atoms with Crippen molar-refractivity contribution in [1.29, 1.82) is 0 Å². The number of carbonyl (C=O) groups is 1. The molecule has 3 aliphatic rings. The van der Waals surface area contributed by atoms with Crippen molar-refractivity contribution in [1.82, 2.24) is 0 Å². The summed E-state index contributed by atoms with van der Waals surface area (Å²) in [5.74, 6) is 1.69. The lowest BCUT2D eigenvalue weighted by Crippen LogP contribution is -2.58. The number of allylic oxidation sites excluding steroid dienone is 2. The number of aliphatic hydroxyl groups is 1. The largest absolute Gasteiger partial charge is 0.393 e. The Labute approximate surface area is 104 Å². The van der Waals surface area contributed by atoms with Crippen molar-refractivity contribution in [2.45, 2.75) is 53.1 Å². The molecule has 5 atom stereocenters. The summed E-state index contributed by atoms with van der Waals surface area (Å²) in [6.07, 6.45) is 4.36. The fourth-order valence-corrected chi connectivity index (χ4v) is 3.97. The first-order valence-electron chi connectivity index (χ1n) is 6.70. The van der Waals surface area contributed by atoms with Gasteiger partial charge in [0.1, 0.15) is 0 Å². The molecule has 2 bridgehead atoms. The maximum Gasteiger partial charge on any atom is 0.156 e. The van der Waals surface area contributed by atoms with Crippen LogP contribution in [0.25, 0.3) is 0 Å². The van der Waals surface area contributed by atoms with Gasteiger partial charge >= 0.3 is 0 Å². The molecule has 0 heterocycles. The van der Waals surface area contributed by atoms with Gasteiger partial charge in [-0.25, -0.2) is 0 Å². The van der Waals surface area contributed by atoms with Crippen LogP contribution in [0.1, 0.15) is 47.0 Å². The third kappa shape index (κ3) is 2.08. The fraction of sp³-hybridized carbons (Fsp3) is 0.800. The van der Waals surface area contributed by atoms with E-state index in [4.69, 9.17) is 0 Å². The van der Waals surface area contributed by atoms with Crippen LogP contribution in [0, 0.1) is 23.2 Å². The molecule has 0 saturated heterocycles. The molecule has 0 aliphatic heterocycles. The Kier molecular flexibility index (Phi) is 3.19. The predicted molar refractivity (Wildman–Crippen MR) is 68.5 cm³/mol. The highest BCUT2D eigenvalue weighted by Crippen LogP contribution is 2.63. The van der Waals surface area contributed by atoms with Gasteiger partial charge in [-0.2, -0.15) is 0 Å². The second kappa shape index (κ2) is 4.24. The Bertz CT molecular complexity index is 354. The molecule has 17 heavy (non-hydrogen) atoms. The van der Waals surface area contributed by atoms with Gasteiger partial charge < -0.3 is 5.11 Å². The minimum absolute atomic E-state index is 0.141. The van der Waals surface area contributed by atoms with Crippen LogP contribution in [-0.4, -0.2) is 17.0 Å². The van der Waals surface area contributed by atoms with E-state index in [1.165, 1.54) is 6.42 Å². The van der Waals surface area contributed by atoms with Crippen molar-refractivity contribution in [3.63, 3.8) is 0 Å². The third-order valence-electron chi connectivity index (χ3n) is 5.09. The number of hydrogen-bond donors (Lipinski definition) is 1. The lowest BCUT2D eigenvalue weighted by atomic mass is 9.43. The van der Waals surface area contributed by atoms with Gasteiger partial charge in [-0.3, -0.25) is 4.79 Å². The summed E-state index contributed by atoms with van der Waals surface area (Å²) >= 11 is 0. The zero-order valence-electron chi connectivity index (χ0n) is 11.4. The van der Waals surface area contributed by atoms with Gasteiger partial charge in [0.15, 0.2) is 5.78 Å². The summed E-state index contributed by atoms with van der Waals surface area (Å²) < 4.78 is 0. The highest BCUT2D eigenvalue weighted by Gasteiger charge is 2.58. The highest BCUT2D eigenvalue weighted by molar-refractivity contribution is 5.90. The molecule has 1 N–H and O–H groups in total. The Morgan fingerprint density at radius 3 is 2.59 bits per heavy atom. The van der Waals surface area contributed by atoms with Crippen molar-refractivity contribution < 1.29 is 9.90 Å². The molecule has 0 aromatic rings. The van der Waals surface area contributed by atoms with E-state index in [-0.39, 0.29) is 17.3 Å². The SMILES string of the molecule is CC(C)=CC(=O)C[C@@]1(C)[C@H]2C[C@@H]1[C@H](C)[C@@H](O)C2. The summed E-state index contributed by atoms with van der Waals surface area (Å²) in [6.45, 7) is 8.31. The van der Waals surface area contributed by atoms with Crippen LogP contribution in [0.2, 0.25) is 0 Å². The molecular formula is C15H24O2. The topological polar surface area (TPSA) is 37.3 Å². The van der Waals surface area contributed by atoms with Gasteiger partial charge in [0, 0.05) is 6.42 Å². The van der Waals surface area contributed by atoms with Crippen molar-refractivity contribution in [2.75, 3.05) is 0 Å². The van der Waals surface area contributed by atoms with Crippen LogP contribution in [0.5, 0.6) is 0 Å². The van der Waals surface area contributed by atoms with Gasteiger partial charge in [0.25, 0.3) is 0 Å². The van der Waals surface area contributed by atoms with Gasteiger partial charge in [-0.15, -0.1) is 0 Å². The molecule has 0 aromatic heterocycles. The molecule has 2 heteroatoms. The van der Waals surface area contributed by atoms with Crippen molar-refractivity contribution in [3.8, 4) is 0 Å². The molecule has 0 amide bonds. The summed E-state index contributed by atoms with van der Waals surface area (Å²) in [7, 11) is 0. The molecule has 3 fully saturated rings. The van der Waals surface area contributed by atoms with Crippen molar-refractivity contribution in [3.05, 3.63) is 11.6 Å². The van der Waals surface area contributed by atoms with Gasteiger partial charge in [-0.05, 0) is 55.9 Å². The number of rotatable bonds is 3. The molecule has 3 rings (SSSR count). The quantitative estimate of drug-likeness (QED) is 0.765. The Morgan fingerprint density at radius 1 is 1.41 bits per heavy atom. The lowest BCUT2D eigenvalue weighted by molar-refractivity contribution is -0.170. The molecule has 3 saturated carbocycles. The van der Waals surface area contributed by atoms with E-state index in [2.05, 4.69) is 13.8 Å². The minimum Gasteiger partial charge on any atom is -0.393 e. The van der Waals surface area contributed by atoms with Crippen molar-refractivity contribution in [2.24, 2.45) is 23.2 Å². The van der Waals surface area contributed by atoms with Crippen LogP contribution in [0.3, 0.4) is 0 Å². The van der Waals surface area contributed by atoms with E-state index in [0.29, 0.717) is 24.2 Å². The molecule has 0 aromatic carbocycles. The van der Waals surface area contributed by atoms with Crippen LogP contribution in [0.4, 0.5) is 0 Å². The van der Waals surface area contributed by atoms with E-state index in [1.807, 2.05) is 13.8 Å². The molecule has 0 unspecified atom stereocenters. The Hall–Kier alpha value is -0.630. The first kappa shape index (κ1) is 12.8. The molecular weight excluding hydrogens is 212 g/mol. The molecule has 2 nitrogen and oxygen atoms in total. The summed E-state index contributed by atoms with van der Waals surface area (Å²) in [6, 6.07) is 0. The van der Waals surface area contributed by atoms with Crippen molar-refractivity contribution >= 4 is 5.78 Å². The smallest absolute Gasteiger partial charge is 0.156 e. The normalized spacial score (nSPS) is 43.8. The number of aliphatic hydroxyl groups excluding tert-OH is 1. The summed E-state index contributed by atoms with van der Waals surface area (Å²) in [5.41, 5.74) is 1.22. The monoisotopic (exact) mass is 236 g/mol. The highest BCUT2D eigenvalue weighted by atomic mass is 16.3. The molecule has 96 valence electrons. The number of hydrogen-bond acceptors (Lipinski definition) is 2. The zero-order valence-corrected chi connectivity index (χ0v) is 11.4. The zero-order chi connectivity index (χ0) is 12.8. The summed E-state index contributed by atoms with van der Waals surface area (Å²) in [4.78, 5) is 11.9. The van der Waals surface area contributed by atoms with Gasteiger partial charge in [0.05, 0.1) is 6.10 Å². The maximum absolute atomic E-state index is 11.9. The van der Waals surface area contributed by atoms with E-state index in [1.54, 1.807) is 6.08 Å².